The molecule has 0 radical (unpaired) electrons. The van der Waals surface area contributed by atoms with Crippen LogP contribution >= 0.6 is 0 Å². The fourth-order valence-electron chi connectivity index (χ4n) is 3.53. The Morgan fingerprint density at radius 2 is 1.68 bits per heavy atom. The highest BCUT2D eigenvalue weighted by Gasteiger charge is 2.59. The van der Waals surface area contributed by atoms with Gasteiger partial charge >= 0.3 is 17.9 Å². The highest BCUT2D eigenvalue weighted by molar-refractivity contribution is 6.12. The van der Waals surface area contributed by atoms with Gasteiger partial charge in [0.25, 0.3) is 0 Å². The zero-order chi connectivity index (χ0) is 20.9. The van der Waals surface area contributed by atoms with Crippen molar-refractivity contribution in [1.29, 1.82) is 0 Å². The van der Waals surface area contributed by atoms with E-state index >= 15 is 0 Å². The van der Waals surface area contributed by atoms with Gasteiger partial charge in [-0.05, 0) is 27.2 Å². The highest BCUT2D eigenvalue weighted by Crippen LogP contribution is 2.50. The summed E-state index contributed by atoms with van der Waals surface area (Å²) in [5, 5.41) is 0. The molecular weight excluding hydrogens is 370 g/mol. The Morgan fingerprint density at radius 3 is 2.29 bits per heavy atom. The maximum absolute atomic E-state index is 13.2. The van der Waals surface area contributed by atoms with Crippen LogP contribution in [0, 0.1) is 5.41 Å². The second-order valence-electron chi connectivity index (χ2n) is 6.24. The summed E-state index contributed by atoms with van der Waals surface area (Å²) >= 11 is 0. The zero-order valence-electron chi connectivity index (χ0n) is 16.3. The first-order valence-corrected chi connectivity index (χ1v) is 9.28. The van der Waals surface area contributed by atoms with Gasteiger partial charge in [-0.2, -0.15) is 0 Å². The summed E-state index contributed by atoms with van der Waals surface area (Å²) in [7, 11) is 0. The van der Waals surface area contributed by atoms with E-state index in [1.165, 1.54) is 0 Å². The minimum absolute atomic E-state index is 0.00617. The predicted octanol–water partition coefficient (Wildman–Crippen LogP) is 1.26. The van der Waals surface area contributed by atoms with E-state index < -0.39 is 41.1 Å². The quantitative estimate of drug-likeness (QED) is 0.500. The van der Waals surface area contributed by atoms with Crippen molar-refractivity contribution in [1.82, 2.24) is 0 Å². The summed E-state index contributed by atoms with van der Waals surface area (Å²) in [5.41, 5.74) is 3.42. The topological polar surface area (TPSA) is 131 Å². The van der Waals surface area contributed by atoms with Gasteiger partial charge in [0, 0.05) is 12.8 Å². The van der Waals surface area contributed by atoms with E-state index in [0.29, 0.717) is 12.8 Å². The van der Waals surface area contributed by atoms with Crippen LogP contribution in [0.15, 0.2) is 22.8 Å². The van der Waals surface area contributed by atoms with E-state index in [-0.39, 0.29) is 43.5 Å². The van der Waals surface area contributed by atoms with Crippen molar-refractivity contribution in [2.75, 3.05) is 19.8 Å². The lowest BCUT2D eigenvalue weighted by molar-refractivity contribution is -0.161. The van der Waals surface area contributed by atoms with Crippen LogP contribution < -0.4 is 5.73 Å². The standard InChI is InChI=1S/C19H25NO8/c1-4-25-13(22)10-19(18(24)27-6-3)14-11(21)8-7-9-12(14)28-16(20)15(19)17(23)26-5-2/h4-10,20H2,1-3H3. The number of ether oxygens (including phenoxy) is 4. The number of carbonyl (C=O) groups is 4. The molecule has 1 heterocycles. The minimum atomic E-state index is -2.07. The third kappa shape index (κ3) is 3.74. The Balaban J connectivity index is 2.77. The molecule has 28 heavy (non-hydrogen) atoms. The van der Waals surface area contributed by atoms with Crippen molar-refractivity contribution in [2.45, 2.75) is 46.5 Å². The van der Waals surface area contributed by atoms with Crippen LogP contribution in [0.1, 0.15) is 46.5 Å². The Morgan fingerprint density at radius 1 is 1.04 bits per heavy atom. The summed E-state index contributed by atoms with van der Waals surface area (Å²) < 4.78 is 20.7. The first-order chi connectivity index (χ1) is 13.3. The maximum atomic E-state index is 13.2. The van der Waals surface area contributed by atoms with Gasteiger partial charge in [0.2, 0.25) is 5.88 Å². The summed E-state index contributed by atoms with van der Waals surface area (Å²) in [6.07, 6.45) is 0.352. The molecule has 2 N–H and O–H groups in total. The van der Waals surface area contributed by atoms with Crippen molar-refractivity contribution < 1.29 is 38.1 Å². The molecule has 9 heteroatoms. The normalized spacial score (nSPS) is 21.6. The SMILES string of the molecule is CCOC(=O)CC1(C(=O)OCC)C(C(=O)OCC)=C(N)OC2=C1C(=O)CCC2. The number of carbonyl (C=O) groups excluding carboxylic acids is 4. The van der Waals surface area contributed by atoms with Gasteiger partial charge in [-0.25, -0.2) is 4.79 Å². The van der Waals surface area contributed by atoms with Crippen LogP contribution in [-0.2, 0) is 38.1 Å². The molecule has 0 saturated carbocycles. The molecule has 0 aromatic heterocycles. The molecular formula is C19H25NO8. The Labute approximate surface area is 162 Å². The molecule has 1 aliphatic carbocycles. The summed E-state index contributed by atoms with van der Waals surface area (Å²) in [6, 6.07) is 0. The smallest absolute Gasteiger partial charge is 0.340 e. The van der Waals surface area contributed by atoms with Crippen LogP contribution in [0.25, 0.3) is 0 Å². The number of esters is 3. The summed E-state index contributed by atoms with van der Waals surface area (Å²) in [4.78, 5) is 51.1. The number of Topliss-reactive ketones (excluding diaryl/α,β-unsaturated/α-hetero) is 1. The molecule has 9 nitrogen and oxygen atoms in total. The third-order valence-electron chi connectivity index (χ3n) is 4.52. The Bertz CT molecular complexity index is 751. The number of rotatable bonds is 7. The zero-order valence-corrected chi connectivity index (χ0v) is 16.3. The number of ketones is 1. The monoisotopic (exact) mass is 395 g/mol. The fourth-order valence-corrected chi connectivity index (χ4v) is 3.53. The van der Waals surface area contributed by atoms with E-state index in [4.69, 9.17) is 24.7 Å². The molecule has 1 aliphatic heterocycles. The molecule has 1 unspecified atom stereocenters. The van der Waals surface area contributed by atoms with Crippen LogP contribution in [0.4, 0.5) is 0 Å². The second kappa shape index (κ2) is 8.90. The summed E-state index contributed by atoms with van der Waals surface area (Å²) in [5.74, 6) is -3.31. The molecule has 0 aromatic rings. The van der Waals surface area contributed by atoms with E-state index in [0.717, 1.165) is 0 Å². The van der Waals surface area contributed by atoms with Crippen molar-refractivity contribution in [3.05, 3.63) is 22.8 Å². The molecule has 2 aliphatic rings. The first-order valence-electron chi connectivity index (χ1n) is 9.28. The molecule has 0 saturated heterocycles. The average molecular weight is 395 g/mol. The number of hydrogen-bond donors (Lipinski definition) is 1. The Hall–Kier alpha value is -2.84. The number of hydrogen-bond acceptors (Lipinski definition) is 9. The molecule has 2 rings (SSSR count). The van der Waals surface area contributed by atoms with Gasteiger partial charge < -0.3 is 24.7 Å². The predicted molar refractivity (Wildman–Crippen MR) is 95.1 cm³/mol. The first kappa shape index (κ1) is 21.5. The lowest BCUT2D eigenvalue weighted by Crippen LogP contribution is -2.49. The van der Waals surface area contributed by atoms with Gasteiger partial charge in [-0.3, -0.25) is 14.4 Å². The van der Waals surface area contributed by atoms with Crippen LogP contribution in [0.5, 0.6) is 0 Å². The van der Waals surface area contributed by atoms with Gasteiger partial charge in [-0.1, -0.05) is 0 Å². The van der Waals surface area contributed by atoms with Gasteiger partial charge in [0.05, 0.1) is 31.8 Å². The lowest BCUT2D eigenvalue weighted by Gasteiger charge is -2.39. The molecule has 0 bridgehead atoms. The van der Waals surface area contributed by atoms with Crippen molar-refractivity contribution >= 4 is 23.7 Å². The van der Waals surface area contributed by atoms with E-state index in [2.05, 4.69) is 0 Å². The lowest BCUT2D eigenvalue weighted by atomic mass is 9.66. The van der Waals surface area contributed by atoms with Crippen LogP contribution in [0.3, 0.4) is 0 Å². The maximum Gasteiger partial charge on any atom is 0.340 e. The number of nitrogens with two attached hydrogens (primary N) is 1. The summed E-state index contributed by atoms with van der Waals surface area (Å²) in [6.45, 7) is 4.77. The van der Waals surface area contributed by atoms with E-state index in [9.17, 15) is 19.2 Å². The van der Waals surface area contributed by atoms with Gasteiger partial charge in [0.15, 0.2) is 5.78 Å². The largest absolute Gasteiger partial charge is 0.466 e. The van der Waals surface area contributed by atoms with Crippen LogP contribution in [-0.4, -0.2) is 43.5 Å². The van der Waals surface area contributed by atoms with Crippen molar-refractivity contribution in [3.63, 3.8) is 0 Å². The molecule has 0 aromatic carbocycles. The molecule has 1 atom stereocenters. The highest BCUT2D eigenvalue weighted by atomic mass is 16.6. The molecule has 0 fully saturated rings. The Kier molecular flexibility index (Phi) is 6.82. The molecule has 154 valence electrons. The van der Waals surface area contributed by atoms with Gasteiger partial charge in [0.1, 0.15) is 16.7 Å². The van der Waals surface area contributed by atoms with Crippen molar-refractivity contribution in [3.8, 4) is 0 Å². The van der Waals surface area contributed by atoms with Gasteiger partial charge in [-0.15, -0.1) is 0 Å². The molecule has 0 amide bonds. The second-order valence-corrected chi connectivity index (χ2v) is 6.24. The average Bonchev–Trinajstić information content (AvgIpc) is 2.61. The number of allylic oxidation sites excluding steroid dienone is 1. The van der Waals surface area contributed by atoms with E-state index in [1.807, 2.05) is 0 Å². The third-order valence-corrected chi connectivity index (χ3v) is 4.52. The van der Waals surface area contributed by atoms with Crippen molar-refractivity contribution in [2.24, 2.45) is 11.1 Å². The fraction of sp³-hybridized carbons (Fsp3) is 0.579. The van der Waals surface area contributed by atoms with Crippen LogP contribution in [0.2, 0.25) is 0 Å². The molecule has 0 spiro atoms. The minimum Gasteiger partial charge on any atom is -0.466 e. The van der Waals surface area contributed by atoms with E-state index in [1.54, 1.807) is 20.8 Å².